The Balaban J connectivity index is 2.73. The number of rotatable bonds is 4. The van der Waals surface area contributed by atoms with Crippen molar-refractivity contribution in [3.8, 4) is 0 Å². The molecule has 0 N–H and O–H groups in total. The summed E-state index contributed by atoms with van der Waals surface area (Å²) < 4.78 is 13.0. The van der Waals surface area contributed by atoms with E-state index in [9.17, 15) is 4.39 Å². The fraction of sp³-hybridized carbons (Fsp3) is 0.500. The Morgan fingerprint density at radius 2 is 2.14 bits per heavy atom. The van der Waals surface area contributed by atoms with Crippen molar-refractivity contribution in [2.45, 2.75) is 37.4 Å². The molecule has 0 aliphatic carbocycles. The largest absolute Gasteiger partial charge is 0.207 e. The molecule has 0 bridgehead atoms. The summed E-state index contributed by atoms with van der Waals surface area (Å²) in [5, 5.41) is 0. The van der Waals surface area contributed by atoms with Crippen LogP contribution in [-0.2, 0) is 0 Å². The second-order valence-electron chi connectivity index (χ2n) is 3.65. The van der Waals surface area contributed by atoms with Gasteiger partial charge in [-0.25, -0.2) is 4.39 Å². The quantitative estimate of drug-likeness (QED) is 0.699. The molecule has 1 aromatic carbocycles. The Morgan fingerprint density at radius 3 is 2.71 bits per heavy atom. The number of hydrogen-bond acceptors (Lipinski definition) is 0. The summed E-state index contributed by atoms with van der Waals surface area (Å²) in [6.07, 6.45) is 2.27. The van der Waals surface area contributed by atoms with Crippen LogP contribution in [0.2, 0.25) is 0 Å². The van der Waals surface area contributed by atoms with Gasteiger partial charge >= 0.3 is 0 Å². The third kappa shape index (κ3) is 3.09. The Labute approximate surface area is 93.7 Å². The number of benzene rings is 1. The van der Waals surface area contributed by atoms with Crippen molar-refractivity contribution in [1.29, 1.82) is 0 Å². The molecule has 0 aliphatic heterocycles. The number of hydrogen-bond donors (Lipinski definition) is 0. The van der Waals surface area contributed by atoms with Crippen LogP contribution >= 0.6 is 15.9 Å². The molecule has 0 heterocycles. The monoisotopic (exact) mass is 258 g/mol. The average molecular weight is 259 g/mol. The molecule has 2 heteroatoms. The van der Waals surface area contributed by atoms with Gasteiger partial charge in [-0.2, -0.15) is 0 Å². The lowest BCUT2D eigenvalue weighted by molar-refractivity contribution is 0.612. The highest BCUT2D eigenvalue weighted by molar-refractivity contribution is 9.09. The fourth-order valence-corrected chi connectivity index (χ4v) is 2.29. The molecule has 0 aliphatic rings. The van der Waals surface area contributed by atoms with Crippen molar-refractivity contribution in [1.82, 2.24) is 0 Å². The van der Waals surface area contributed by atoms with Crippen LogP contribution in [0.3, 0.4) is 0 Å². The van der Waals surface area contributed by atoms with E-state index in [1.165, 1.54) is 6.07 Å². The molecule has 0 aromatic heterocycles. The van der Waals surface area contributed by atoms with Crippen LogP contribution in [0.15, 0.2) is 24.3 Å². The van der Waals surface area contributed by atoms with Gasteiger partial charge in [0, 0.05) is 4.83 Å². The maximum atomic E-state index is 13.0. The van der Waals surface area contributed by atoms with Crippen molar-refractivity contribution in [2.75, 3.05) is 0 Å². The fourth-order valence-electron chi connectivity index (χ4n) is 1.52. The van der Waals surface area contributed by atoms with Gasteiger partial charge in [0.15, 0.2) is 0 Å². The summed E-state index contributed by atoms with van der Waals surface area (Å²) in [6.45, 7) is 4.29. The predicted molar refractivity (Wildman–Crippen MR) is 62.4 cm³/mol. The van der Waals surface area contributed by atoms with Crippen LogP contribution in [0.25, 0.3) is 0 Å². The van der Waals surface area contributed by atoms with Gasteiger partial charge in [-0.05, 0) is 30.0 Å². The SMILES string of the molecule is CCCC(Br)C(C)c1cccc(F)c1. The molecule has 0 amide bonds. The van der Waals surface area contributed by atoms with E-state index in [0.29, 0.717) is 10.7 Å². The van der Waals surface area contributed by atoms with Crippen LogP contribution < -0.4 is 0 Å². The summed E-state index contributed by atoms with van der Waals surface area (Å²) in [6, 6.07) is 6.86. The van der Waals surface area contributed by atoms with E-state index in [-0.39, 0.29) is 5.82 Å². The molecule has 0 saturated carbocycles. The Morgan fingerprint density at radius 1 is 1.43 bits per heavy atom. The lowest BCUT2D eigenvalue weighted by Gasteiger charge is -2.18. The first-order valence-electron chi connectivity index (χ1n) is 5.04. The second-order valence-corrected chi connectivity index (χ2v) is 4.82. The molecule has 0 nitrogen and oxygen atoms in total. The van der Waals surface area contributed by atoms with Crippen LogP contribution in [0.1, 0.15) is 38.2 Å². The van der Waals surface area contributed by atoms with Crippen LogP contribution in [0.4, 0.5) is 4.39 Å². The highest BCUT2D eigenvalue weighted by Gasteiger charge is 2.15. The van der Waals surface area contributed by atoms with Crippen molar-refractivity contribution in [2.24, 2.45) is 0 Å². The zero-order valence-corrected chi connectivity index (χ0v) is 10.2. The minimum absolute atomic E-state index is 0.148. The van der Waals surface area contributed by atoms with E-state index in [1.54, 1.807) is 12.1 Å². The summed E-state index contributed by atoms with van der Waals surface area (Å²) in [5.74, 6) is 0.219. The summed E-state index contributed by atoms with van der Waals surface area (Å²) in [4.78, 5) is 0.439. The standard InChI is InChI=1S/C12H16BrF/c1-3-5-12(13)9(2)10-6-4-7-11(14)8-10/h4,6-9,12H,3,5H2,1-2H3. The molecule has 78 valence electrons. The van der Waals surface area contributed by atoms with Crippen molar-refractivity contribution in [3.63, 3.8) is 0 Å². The Kier molecular flexibility index (Phi) is 4.59. The van der Waals surface area contributed by atoms with E-state index in [2.05, 4.69) is 29.8 Å². The van der Waals surface area contributed by atoms with Crippen molar-refractivity contribution in [3.05, 3.63) is 35.6 Å². The lowest BCUT2D eigenvalue weighted by atomic mass is 9.95. The molecule has 14 heavy (non-hydrogen) atoms. The second kappa shape index (κ2) is 5.50. The first-order valence-corrected chi connectivity index (χ1v) is 5.96. The first-order chi connectivity index (χ1) is 6.65. The maximum Gasteiger partial charge on any atom is 0.123 e. The zero-order valence-electron chi connectivity index (χ0n) is 8.63. The third-order valence-electron chi connectivity index (χ3n) is 2.48. The minimum Gasteiger partial charge on any atom is -0.207 e. The smallest absolute Gasteiger partial charge is 0.123 e. The van der Waals surface area contributed by atoms with Gasteiger partial charge in [0.2, 0.25) is 0 Å². The first kappa shape index (κ1) is 11.7. The molecule has 0 fully saturated rings. The van der Waals surface area contributed by atoms with Gasteiger partial charge in [0.25, 0.3) is 0 Å². The number of halogens is 2. The van der Waals surface area contributed by atoms with Crippen LogP contribution in [0, 0.1) is 5.82 Å². The maximum absolute atomic E-state index is 13.0. The molecule has 1 rings (SSSR count). The average Bonchev–Trinajstić information content (AvgIpc) is 2.17. The van der Waals surface area contributed by atoms with Gasteiger partial charge in [0.05, 0.1) is 0 Å². The van der Waals surface area contributed by atoms with Gasteiger partial charge in [-0.1, -0.05) is 48.3 Å². The summed E-state index contributed by atoms with van der Waals surface area (Å²) in [5.41, 5.74) is 1.07. The third-order valence-corrected chi connectivity index (χ3v) is 3.73. The molecule has 2 atom stereocenters. The van der Waals surface area contributed by atoms with Crippen molar-refractivity contribution >= 4 is 15.9 Å². The van der Waals surface area contributed by atoms with Gasteiger partial charge in [-0.15, -0.1) is 0 Å². The zero-order chi connectivity index (χ0) is 10.6. The minimum atomic E-state index is -0.148. The molecule has 1 aromatic rings. The van der Waals surface area contributed by atoms with Crippen LogP contribution in [-0.4, -0.2) is 4.83 Å². The Bertz CT molecular complexity index is 285. The molecular weight excluding hydrogens is 243 g/mol. The highest BCUT2D eigenvalue weighted by atomic mass is 79.9. The Hall–Kier alpha value is -0.370. The summed E-state index contributed by atoms with van der Waals surface area (Å²) >= 11 is 3.64. The van der Waals surface area contributed by atoms with Gasteiger partial charge in [-0.3, -0.25) is 0 Å². The predicted octanol–water partition coefficient (Wildman–Crippen LogP) is 4.49. The molecule has 0 saturated heterocycles. The van der Waals surface area contributed by atoms with E-state index in [4.69, 9.17) is 0 Å². The molecule has 0 spiro atoms. The van der Waals surface area contributed by atoms with Gasteiger partial charge in [0.1, 0.15) is 5.82 Å². The molecular formula is C12H16BrF. The lowest BCUT2D eigenvalue weighted by Crippen LogP contribution is -2.08. The normalized spacial score (nSPS) is 15.1. The highest BCUT2D eigenvalue weighted by Crippen LogP contribution is 2.27. The topological polar surface area (TPSA) is 0 Å². The molecule has 2 unspecified atom stereocenters. The van der Waals surface area contributed by atoms with E-state index >= 15 is 0 Å². The van der Waals surface area contributed by atoms with E-state index in [0.717, 1.165) is 18.4 Å². The van der Waals surface area contributed by atoms with Crippen LogP contribution in [0.5, 0.6) is 0 Å². The molecule has 0 radical (unpaired) electrons. The summed E-state index contributed by atoms with van der Waals surface area (Å²) in [7, 11) is 0. The van der Waals surface area contributed by atoms with E-state index in [1.807, 2.05) is 6.07 Å². The van der Waals surface area contributed by atoms with Crippen molar-refractivity contribution < 1.29 is 4.39 Å². The van der Waals surface area contributed by atoms with Gasteiger partial charge < -0.3 is 0 Å². The van der Waals surface area contributed by atoms with E-state index < -0.39 is 0 Å². The number of alkyl halides is 1.